The van der Waals surface area contributed by atoms with Crippen molar-refractivity contribution in [2.24, 2.45) is 0 Å². The van der Waals surface area contributed by atoms with Crippen LogP contribution in [0.25, 0.3) is 0 Å². The van der Waals surface area contributed by atoms with Crippen molar-refractivity contribution in [3.05, 3.63) is 58.4 Å². The molecule has 0 aliphatic heterocycles. The highest BCUT2D eigenvalue weighted by Gasteiger charge is 2.10. The lowest BCUT2D eigenvalue weighted by Gasteiger charge is -2.09. The molecule has 2 aromatic rings. The van der Waals surface area contributed by atoms with Gasteiger partial charge in [-0.25, -0.2) is 4.98 Å². The Bertz CT molecular complexity index is 715. The monoisotopic (exact) mass is 300 g/mol. The number of pyridine rings is 1. The average Bonchev–Trinajstić information content (AvgIpc) is 2.50. The number of aromatic nitrogens is 1. The molecule has 21 heavy (non-hydrogen) atoms. The minimum Gasteiger partial charge on any atom is -0.384 e. The number of aliphatic hydroxyl groups is 1. The number of anilines is 1. The van der Waals surface area contributed by atoms with Crippen molar-refractivity contribution in [2.75, 3.05) is 11.9 Å². The van der Waals surface area contributed by atoms with E-state index in [2.05, 4.69) is 22.1 Å². The summed E-state index contributed by atoms with van der Waals surface area (Å²) in [6.07, 6.45) is 1.49. The highest BCUT2D eigenvalue weighted by atomic mass is 35.5. The van der Waals surface area contributed by atoms with Crippen LogP contribution >= 0.6 is 11.6 Å². The van der Waals surface area contributed by atoms with Gasteiger partial charge in [-0.1, -0.05) is 29.5 Å². The fourth-order valence-corrected chi connectivity index (χ4v) is 1.85. The van der Waals surface area contributed by atoms with Gasteiger partial charge in [0, 0.05) is 22.5 Å². The van der Waals surface area contributed by atoms with Gasteiger partial charge in [0.1, 0.15) is 12.3 Å². The number of carbonyl (C=O) groups is 1. The van der Waals surface area contributed by atoms with Gasteiger partial charge in [0.25, 0.3) is 5.91 Å². The lowest BCUT2D eigenvalue weighted by Crippen LogP contribution is -2.14. The molecule has 0 aliphatic carbocycles. The molecule has 0 spiro atoms. The van der Waals surface area contributed by atoms with E-state index in [-0.39, 0.29) is 18.2 Å². The Morgan fingerprint density at radius 3 is 2.86 bits per heavy atom. The summed E-state index contributed by atoms with van der Waals surface area (Å²) >= 11 is 6.01. The number of hydrogen-bond donors (Lipinski definition) is 2. The molecule has 0 atom stereocenters. The fraction of sp³-hybridized carbons (Fsp3) is 0.125. The molecule has 0 unspecified atom stereocenters. The average molecular weight is 301 g/mol. The van der Waals surface area contributed by atoms with Crippen LogP contribution in [-0.2, 0) is 0 Å². The Labute approximate surface area is 127 Å². The molecule has 1 amide bonds. The summed E-state index contributed by atoms with van der Waals surface area (Å²) < 4.78 is 0. The number of nitrogens with zero attached hydrogens (tertiary/aromatic N) is 1. The van der Waals surface area contributed by atoms with Crippen LogP contribution in [0.5, 0.6) is 0 Å². The van der Waals surface area contributed by atoms with Crippen molar-refractivity contribution in [1.29, 1.82) is 0 Å². The second-order valence-corrected chi connectivity index (χ2v) is 4.67. The molecule has 106 valence electrons. The highest BCUT2D eigenvalue weighted by molar-refractivity contribution is 6.31. The molecular formula is C16H13ClN2O2. The maximum Gasteiger partial charge on any atom is 0.274 e. The minimum absolute atomic E-state index is 0.212. The van der Waals surface area contributed by atoms with Crippen LogP contribution in [0.1, 0.15) is 21.6 Å². The normalized spacial score (nSPS) is 9.67. The molecule has 0 saturated carbocycles. The third-order valence-corrected chi connectivity index (χ3v) is 3.23. The number of benzene rings is 1. The molecule has 4 nitrogen and oxygen atoms in total. The Balaban J connectivity index is 2.15. The Hall–Kier alpha value is -2.35. The van der Waals surface area contributed by atoms with Gasteiger partial charge in [0.2, 0.25) is 0 Å². The van der Waals surface area contributed by atoms with Gasteiger partial charge in [-0.05, 0) is 36.8 Å². The van der Waals surface area contributed by atoms with Gasteiger partial charge in [0.15, 0.2) is 0 Å². The van der Waals surface area contributed by atoms with E-state index in [1.54, 1.807) is 30.3 Å². The van der Waals surface area contributed by atoms with E-state index in [9.17, 15) is 4.79 Å². The summed E-state index contributed by atoms with van der Waals surface area (Å²) in [5.74, 6) is 4.91. The van der Waals surface area contributed by atoms with Crippen molar-refractivity contribution in [3.63, 3.8) is 0 Å². The first-order valence-corrected chi connectivity index (χ1v) is 6.62. The molecule has 5 heteroatoms. The zero-order chi connectivity index (χ0) is 15.2. The van der Waals surface area contributed by atoms with Gasteiger partial charge in [0.05, 0.1) is 0 Å². The predicted molar refractivity (Wildman–Crippen MR) is 82.3 cm³/mol. The fourth-order valence-electron chi connectivity index (χ4n) is 1.67. The molecule has 1 heterocycles. The lowest BCUT2D eigenvalue weighted by atomic mass is 10.2. The van der Waals surface area contributed by atoms with E-state index in [1.807, 2.05) is 6.92 Å². The van der Waals surface area contributed by atoms with Crippen molar-refractivity contribution in [2.45, 2.75) is 6.92 Å². The summed E-state index contributed by atoms with van der Waals surface area (Å²) in [5.41, 5.74) is 2.37. The van der Waals surface area contributed by atoms with E-state index in [1.165, 1.54) is 6.20 Å². The minimum atomic E-state index is -0.318. The number of hydrogen-bond acceptors (Lipinski definition) is 3. The summed E-state index contributed by atoms with van der Waals surface area (Å²) in [4.78, 5) is 16.2. The van der Waals surface area contributed by atoms with Gasteiger partial charge >= 0.3 is 0 Å². The maximum absolute atomic E-state index is 12.1. The quantitative estimate of drug-likeness (QED) is 0.838. The first-order chi connectivity index (χ1) is 10.1. The van der Waals surface area contributed by atoms with Crippen LogP contribution < -0.4 is 5.32 Å². The summed E-state index contributed by atoms with van der Waals surface area (Å²) in [6.45, 7) is 1.62. The van der Waals surface area contributed by atoms with Crippen LogP contribution in [0.4, 0.5) is 5.69 Å². The number of amides is 1. The van der Waals surface area contributed by atoms with Crippen molar-refractivity contribution < 1.29 is 9.90 Å². The summed E-state index contributed by atoms with van der Waals surface area (Å²) in [7, 11) is 0. The van der Waals surface area contributed by atoms with Crippen molar-refractivity contribution in [1.82, 2.24) is 4.98 Å². The van der Waals surface area contributed by atoms with Crippen molar-refractivity contribution in [3.8, 4) is 11.8 Å². The van der Waals surface area contributed by atoms with Crippen LogP contribution in [0.15, 0.2) is 36.5 Å². The number of rotatable bonds is 2. The smallest absolute Gasteiger partial charge is 0.274 e. The third kappa shape index (κ3) is 3.82. The first-order valence-electron chi connectivity index (χ1n) is 6.24. The maximum atomic E-state index is 12.1. The zero-order valence-electron chi connectivity index (χ0n) is 11.4. The van der Waals surface area contributed by atoms with Crippen LogP contribution in [0.3, 0.4) is 0 Å². The van der Waals surface area contributed by atoms with Gasteiger partial charge in [-0.2, -0.15) is 0 Å². The third-order valence-electron chi connectivity index (χ3n) is 2.82. The second-order valence-electron chi connectivity index (χ2n) is 4.26. The largest absolute Gasteiger partial charge is 0.384 e. The molecule has 0 aliphatic rings. The summed E-state index contributed by atoms with van der Waals surface area (Å²) in [5, 5.41) is 12.0. The van der Waals surface area contributed by atoms with Crippen molar-refractivity contribution >= 4 is 23.2 Å². The summed E-state index contributed by atoms with van der Waals surface area (Å²) in [6, 6.07) is 8.57. The molecule has 0 radical (unpaired) electrons. The first kappa shape index (κ1) is 15.0. The van der Waals surface area contributed by atoms with E-state index in [0.29, 0.717) is 16.3 Å². The zero-order valence-corrected chi connectivity index (χ0v) is 12.1. The standard InChI is InChI=1S/C16H13ClN2O2/c1-11-13(17)5-2-6-14(11)19-16(21)15-8-7-12(10-18-15)4-3-9-20/h2,5-8,10,20H,9H2,1H3,(H,19,21). The topological polar surface area (TPSA) is 62.2 Å². The van der Waals surface area contributed by atoms with Crippen LogP contribution in [0.2, 0.25) is 5.02 Å². The van der Waals surface area contributed by atoms with Gasteiger partial charge in [-0.3, -0.25) is 4.79 Å². The molecule has 0 saturated heterocycles. The molecular weight excluding hydrogens is 288 g/mol. The van der Waals surface area contributed by atoms with E-state index in [4.69, 9.17) is 16.7 Å². The SMILES string of the molecule is Cc1c(Cl)cccc1NC(=O)c1ccc(C#CCO)cn1. The molecule has 1 aromatic heterocycles. The Morgan fingerprint density at radius 2 is 2.19 bits per heavy atom. The molecule has 2 rings (SSSR count). The molecule has 0 fully saturated rings. The highest BCUT2D eigenvalue weighted by Crippen LogP contribution is 2.23. The van der Waals surface area contributed by atoms with E-state index in [0.717, 1.165) is 5.56 Å². The van der Waals surface area contributed by atoms with Gasteiger partial charge < -0.3 is 10.4 Å². The van der Waals surface area contributed by atoms with E-state index >= 15 is 0 Å². The van der Waals surface area contributed by atoms with Crippen LogP contribution in [0, 0.1) is 18.8 Å². The predicted octanol–water partition coefficient (Wildman–Crippen LogP) is 2.64. The number of nitrogens with one attached hydrogen (secondary N) is 1. The van der Waals surface area contributed by atoms with E-state index < -0.39 is 0 Å². The Morgan fingerprint density at radius 1 is 1.38 bits per heavy atom. The lowest BCUT2D eigenvalue weighted by molar-refractivity contribution is 0.102. The van der Waals surface area contributed by atoms with Crippen LogP contribution in [-0.4, -0.2) is 22.6 Å². The number of aliphatic hydroxyl groups excluding tert-OH is 1. The second kappa shape index (κ2) is 6.89. The number of halogens is 1. The molecule has 2 N–H and O–H groups in total. The molecule has 1 aromatic carbocycles. The molecule has 0 bridgehead atoms. The van der Waals surface area contributed by atoms with Gasteiger partial charge in [-0.15, -0.1) is 0 Å². The number of carbonyl (C=O) groups excluding carboxylic acids is 1. The Kier molecular flexibility index (Phi) is 4.94.